The molecule has 1 atom stereocenters. The van der Waals surface area contributed by atoms with Crippen LogP contribution in [0.3, 0.4) is 0 Å². The Morgan fingerprint density at radius 1 is 1.23 bits per heavy atom. The van der Waals surface area contributed by atoms with Crippen LogP contribution in [0.5, 0.6) is 0 Å². The van der Waals surface area contributed by atoms with E-state index < -0.39 is 47.3 Å². The number of hydrogen-bond acceptors (Lipinski definition) is 5. The Kier molecular flexibility index (Phi) is 4.65. The Morgan fingerprint density at radius 2 is 1.97 bits per heavy atom. The lowest BCUT2D eigenvalue weighted by Crippen LogP contribution is -2.62. The molecule has 1 aliphatic heterocycles. The normalized spacial score (nSPS) is 23.1. The van der Waals surface area contributed by atoms with E-state index in [2.05, 4.69) is 21.2 Å². The second kappa shape index (κ2) is 6.97. The predicted octanol–water partition coefficient (Wildman–Crippen LogP) is 3.20. The number of pyridine rings is 1. The van der Waals surface area contributed by atoms with E-state index in [-0.39, 0.29) is 29.6 Å². The van der Waals surface area contributed by atoms with Crippen molar-refractivity contribution in [3.05, 3.63) is 59.4 Å². The molecule has 31 heavy (non-hydrogen) atoms. The van der Waals surface area contributed by atoms with Crippen LogP contribution in [0.2, 0.25) is 0 Å². The molecule has 0 radical (unpaired) electrons. The van der Waals surface area contributed by atoms with Crippen LogP contribution in [-0.4, -0.2) is 29.4 Å². The topological polar surface area (TPSA) is 89.6 Å². The number of benzene rings is 1. The van der Waals surface area contributed by atoms with Crippen LogP contribution in [0.4, 0.5) is 23.2 Å². The van der Waals surface area contributed by atoms with E-state index in [1.165, 1.54) is 18.2 Å². The zero-order valence-corrected chi connectivity index (χ0v) is 16.0. The Labute approximate surface area is 174 Å². The molecule has 0 bridgehead atoms. The van der Waals surface area contributed by atoms with Gasteiger partial charge in [-0.2, -0.15) is 0 Å². The van der Waals surface area contributed by atoms with Gasteiger partial charge in [0, 0.05) is 24.1 Å². The number of hydrogen-bond donors (Lipinski definition) is 2. The third-order valence-electron chi connectivity index (χ3n) is 5.52. The minimum absolute atomic E-state index is 0.0811. The van der Waals surface area contributed by atoms with Crippen molar-refractivity contribution in [1.82, 2.24) is 4.98 Å². The Balaban J connectivity index is 1.74. The first-order valence-corrected chi connectivity index (χ1v) is 9.16. The van der Waals surface area contributed by atoms with Crippen LogP contribution in [0.15, 0.2) is 41.5 Å². The lowest BCUT2D eigenvalue weighted by Gasteiger charge is -2.56. The standard InChI is InChI=1S/C21H16F4N4O2/c1-2-21(19(9-20(24,25)10-19)11-31-18(26)29-21)14-7-13(4-5-15(14)23)28-17(30)16-6-3-12(22)8-27-16/h1,3-8H,9-11H2,(H2,26,29)(H,28,30). The summed E-state index contributed by atoms with van der Waals surface area (Å²) >= 11 is 0. The number of amides is 1. The van der Waals surface area contributed by atoms with Crippen molar-refractivity contribution in [3.63, 3.8) is 0 Å². The zero-order chi connectivity index (χ0) is 22.4. The molecule has 0 saturated heterocycles. The van der Waals surface area contributed by atoms with Gasteiger partial charge in [0.1, 0.15) is 23.9 Å². The predicted molar refractivity (Wildman–Crippen MR) is 103 cm³/mol. The molecule has 1 aromatic heterocycles. The average molecular weight is 432 g/mol. The van der Waals surface area contributed by atoms with Crippen molar-refractivity contribution < 1.29 is 27.1 Å². The number of nitrogens with one attached hydrogen (secondary N) is 1. The number of nitrogens with zero attached hydrogens (tertiary/aromatic N) is 2. The molecule has 1 spiro atoms. The molecule has 6 nitrogen and oxygen atoms in total. The number of amidine groups is 1. The molecular weight excluding hydrogens is 416 g/mol. The van der Waals surface area contributed by atoms with E-state index in [1.54, 1.807) is 0 Å². The molecule has 2 aliphatic rings. The molecule has 2 aromatic rings. The summed E-state index contributed by atoms with van der Waals surface area (Å²) in [6.07, 6.45) is 5.28. The SMILES string of the molecule is C#CC1(c2cc(NC(=O)c3ccc(F)cn3)ccc2F)N=C(N)OCC12CC(F)(F)C2. The minimum Gasteiger partial charge on any atom is -0.465 e. The fourth-order valence-corrected chi connectivity index (χ4v) is 4.12. The summed E-state index contributed by atoms with van der Waals surface area (Å²) in [5, 5.41) is 2.50. The van der Waals surface area contributed by atoms with E-state index in [1.807, 2.05) is 0 Å². The van der Waals surface area contributed by atoms with Gasteiger partial charge >= 0.3 is 0 Å². The second-order valence-electron chi connectivity index (χ2n) is 7.59. The van der Waals surface area contributed by atoms with Crippen molar-refractivity contribution in [2.75, 3.05) is 11.9 Å². The monoisotopic (exact) mass is 432 g/mol. The first-order chi connectivity index (χ1) is 14.6. The molecule has 4 rings (SSSR count). The van der Waals surface area contributed by atoms with Gasteiger partial charge in [-0.15, -0.1) is 6.42 Å². The van der Waals surface area contributed by atoms with E-state index in [4.69, 9.17) is 16.9 Å². The quantitative estimate of drug-likeness (QED) is 0.576. The lowest BCUT2D eigenvalue weighted by atomic mass is 9.53. The summed E-state index contributed by atoms with van der Waals surface area (Å²) in [6, 6.07) is 5.41. The number of rotatable bonds is 3. The number of ether oxygens (including phenoxy) is 1. The van der Waals surface area contributed by atoms with Crippen LogP contribution >= 0.6 is 0 Å². The highest BCUT2D eigenvalue weighted by Gasteiger charge is 2.69. The van der Waals surface area contributed by atoms with Crippen molar-refractivity contribution in [1.29, 1.82) is 0 Å². The average Bonchev–Trinajstić information content (AvgIpc) is 2.70. The van der Waals surface area contributed by atoms with Crippen molar-refractivity contribution in [2.24, 2.45) is 16.1 Å². The summed E-state index contributed by atoms with van der Waals surface area (Å²) in [5.74, 6) is -2.74. The van der Waals surface area contributed by atoms with Crippen LogP contribution in [-0.2, 0) is 10.3 Å². The molecule has 3 N–H and O–H groups in total. The van der Waals surface area contributed by atoms with E-state index >= 15 is 0 Å². The van der Waals surface area contributed by atoms with Crippen LogP contribution < -0.4 is 11.1 Å². The Hall–Kier alpha value is -3.61. The number of aromatic nitrogens is 1. The van der Waals surface area contributed by atoms with Crippen molar-refractivity contribution in [3.8, 4) is 12.3 Å². The summed E-state index contributed by atoms with van der Waals surface area (Å²) < 4.78 is 60.8. The largest absolute Gasteiger partial charge is 0.465 e. The Bertz CT molecular complexity index is 1120. The number of carbonyl (C=O) groups is 1. The van der Waals surface area contributed by atoms with Crippen molar-refractivity contribution >= 4 is 17.6 Å². The zero-order valence-electron chi connectivity index (χ0n) is 16.0. The van der Waals surface area contributed by atoms with E-state index in [0.29, 0.717) is 0 Å². The second-order valence-corrected chi connectivity index (χ2v) is 7.59. The van der Waals surface area contributed by atoms with Gasteiger partial charge < -0.3 is 15.8 Å². The highest BCUT2D eigenvalue weighted by molar-refractivity contribution is 6.02. The summed E-state index contributed by atoms with van der Waals surface area (Å²) in [6.45, 7) is -0.252. The highest BCUT2D eigenvalue weighted by atomic mass is 19.3. The maximum atomic E-state index is 14.9. The highest BCUT2D eigenvalue weighted by Crippen LogP contribution is 2.63. The molecule has 1 fully saturated rings. The number of anilines is 1. The fourth-order valence-electron chi connectivity index (χ4n) is 4.12. The van der Waals surface area contributed by atoms with Gasteiger partial charge in [-0.05, 0) is 30.3 Å². The van der Waals surface area contributed by atoms with Gasteiger partial charge in [0.25, 0.3) is 11.9 Å². The van der Waals surface area contributed by atoms with Gasteiger partial charge in [0.05, 0.1) is 11.6 Å². The smallest absolute Gasteiger partial charge is 0.283 e. The Morgan fingerprint density at radius 3 is 2.58 bits per heavy atom. The molecule has 2 heterocycles. The number of alkyl halides is 2. The number of terminal acetylenes is 1. The minimum atomic E-state index is -3.00. The van der Waals surface area contributed by atoms with Gasteiger partial charge in [-0.1, -0.05) is 5.92 Å². The summed E-state index contributed by atoms with van der Waals surface area (Å²) in [5.41, 5.74) is 2.29. The van der Waals surface area contributed by atoms with E-state index in [9.17, 15) is 22.4 Å². The lowest BCUT2D eigenvalue weighted by molar-refractivity contribution is -0.200. The van der Waals surface area contributed by atoms with E-state index in [0.717, 1.165) is 18.3 Å². The van der Waals surface area contributed by atoms with Crippen LogP contribution in [0.1, 0.15) is 28.9 Å². The summed E-state index contributed by atoms with van der Waals surface area (Å²) in [7, 11) is 0. The molecular formula is C21H16F4N4O2. The van der Waals surface area contributed by atoms with Crippen LogP contribution in [0, 0.1) is 29.4 Å². The molecule has 10 heteroatoms. The first-order valence-electron chi connectivity index (χ1n) is 9.16. The van der Waals surface area contributed by atoms with Gasteiger partial charge in [-0.3, -0.25) is 4.79 Å². The van der Waals surface area contributed by atoms with Crippen LogP contribution in [0.25, 0.3) is 0 Å². The molecule has 1 unspecified atom stereocenters. The molecule has 1 aliphatic carbocycles. The molecule has 1 amide bonds. The summed E-state index contributed by atoms with van der Waals surface area (Å²) in [4.78, 5) is 20.1. The third kappa shape index (κ3) is 3.36. The number of nitrogens with two attached hydrogens (primary N) is 1. The van der Waals surface area contributed by atoms with Gasteiger partial charge in [0.2, 0.25) is 5.92 Å². The van der Waals surface area contributed by atoms with Crippen molar-refractivity contribution in [2.45, 2.75) is 24.3 Å². The number of halogens is 4. The first kappa shape index (κ1) is 20.7. The van der Waals surface area contributed by atoms with Gasteiger partial charge in [-0.25, -0.2) is 27.5 Å². The maximum absolute atomic E-state index is 14.9. The van der Waals surface area contributed by atoms with Gasteiger partial charge in [0.15, 0.2) is 5.54 Å². The third-order valence-corrected chi connectivity index (χ3v) is 5.52. The molecule has 1 saturated carbocycles. The fraction of sp³-hybridized carbons (Fsp3) is 0.286. The molecule has 160 valence electrons. The number of carbonyl (C=O) groups excluding carboxylic acids is 1. The maximum Gasteiger partial charge on any atom is 0.283 e. The molecule has 1 aromatic carbocycles. The number of aliphatic imine (C=N–C) groups is 1.